The van der Waals surface area contributed by atoms with Gasteiger partial charge >= 0.3 is 5.97 Å². The zero-order valence-corrected chi connectivity index (χ0v) is 10.2. The van der Waals surface area contributed by atoms with E-state index in [4.69, 9.17) is 4.74 Å². The largest absolute Gasteiger partial charge is 0.465 e. The highest BCUT2D eigenvalue weighted by atomic mass is 16.5. The summed E-state index contributed by atoms with van der Waals surface area (Å²) in [6.45, 7) is 2.60. The molecule has 17 heavy (non-hydrogen) atoms. The second-order valence-electron chi connectivity index (χ2n) is 5.12. The van der Waals surface area contributed by atoms with Crippen molar-refractivity contribution in [1.29, 1.82) is 0 Å². The Bertz CT molecular complexity index is 438. The summed E-state index contributed by atoms with van der Waals surface area (Å²) < 4.78 is 5.28. The molecule has 0 aliphatic heterocycles. The fraction of sp³-hybridized carbons (Fsp3) is 0.533. The van der Waals surface area contributed by atoms with Crippen molar-refractivity contribution in [3.8, 4) is 0 Å². The van der Waals surface area contributed by atoms with Crippen LogP contribution in [0.5, 0.6) is 0 Å². The van der Waals surface area contributed by atoms with Crippen LogP contribution >= 0.6 is 0 Å². The van der Waals surface area contributed by atoms with Gasteiger partial charge in [-0.2, -0.15) is 0 Å². The Morgan fingerprint density at radius 3 is 3.06 bits per heavy atom. The number of ether oxygens (including phenoxy) is 1. The molecular formula is C15H18O2. The molecule has 0 heterocycles. The summed E-state index contributed by atoms with van der Waals surface area (Å²) in [6, 6.07) is 8.54. The zero-order chi connectivity index (χ0) is 11.8. The molecule has 1 aromatic carbocycles. The van der Waals surface area contributed by atoms with Crippen molar-refractivity contribution < 1.29 is 9.53 Å². The zero-order valence-electron chi connectivity index (χ0n) is 10.2. The molecule has 0 radical (unpaired) electrons. The number of rotatable bonds is 3. The number of aryl methyl sites for hydroxylation is 1. The standard InChI is InChI=1S/C15H18O2/c1-2-9-17-15(16)14-12-8-7-10-5-3-4-6-11(10)13(12)14/h3-6,12-14H,2,7-9H2,1H3. The minimum absolute atomic E-state index is 0.0264. The quantitative estimate of drug-likeness (QED) is 0.746. The normalized spacial score (nSPS) is 29.1. The lowest BCUT2D eigenvalue weighted by molar-refractivity contribution is -0.145. The Hall–Kier alpha value is -1.31. The van der Waals surface area contributed by atoms with Crippen molar-refractivity contribution in [2.75, 3.05) is 6.61 Å². The molecule has 1 aromatic rings. The molecule has 2 nitrogen and oxygen atoms in total. The molecule has 0 aromatic heterocycles. The van der Waals surface area contributed by atoms with Gasteiger partial charge in [0.2, 0.25) is 0 Å². The third-order valence-corrected chi connectivity index (χ3v) is 4.05. The molecule has 1 fully saturated rings. The van der Waals surface area contributed by atoms with Crippen LogP contribution in [0.4, 0.5) is 0 Å². The van der Waals surface area contributed by atoms with E-state index >= 15 is 0 Å². The topological polar surface area (TPSA) is 26.3 Å². The highest BCUT2D eigenvalue weighted by Gasteiger charge is 2.57. The van der Waals surface area contributed by atoms with Gasteiger partial charge in [0, 0.05) is 5.92 Å². The van der Waals surface area contributed by atoms with Gasteiger partial charge in [0.15, 0.2) is 0 Å². The molecule has 0 saturated heterocycles. The lowest BCUT2D eigenvalue weighted by Crippen LogP contribution is -2.09. The minimum Gasteiger partial charge on any atom is -0.465 e. The highest BCUT2D eigenvalue weighted by Crippen LogP contribution is 2.60. The predicted octanol–water partition coefficient (Wildman–Crippen LogP) is 2.92. The number of carbonyl (C=O) groups excluding carboxylic acids is 1. The Labute approximate surface area is 102 Å². The average molecular weight is 230 g/mol. The fourth-order valence-electron chi connectivity index (χ4n) is 3.19. The maximum absolute atomic E-state index is 11.9. The number of esters is 1. The number of hydrogen-bond acceptors (Lipinski definition) is 2. The Kier molecular flexibility index (Phi) is 2.65. The monoisotopic (exact) mass is 230 g/mol. The molecule has 0 spiro atoms. The Morgan fingerprint density at radius 2 is 2.24 bits per heavy atom. The summed E-state index contributed by atoms with van der Waals surface area (Å²) in [5.41, 5.74) is 2.82. The van der Waals surface area contributed by atoms with Crippen molar-refractivity contribution in [3.05, 3.63) is 35.4 Å². The smallest absolute Gasteiger partial charge is 0.309 e. The molecule has 2 aliphatic carbocycles. The minimum atomic E-state index is 0.0264. The summed E-state index contributed by atoms with van der Waals surface area (Å²) >= 11 is 0. The van der Waals surface area contributed by atoms with Crippen LogP contribution in [0.2, 0.25) is 0 Å². The molecule has 2 aliphatic rings. The van der Waals surface area contributed by atoms with Crippen LogP contribution in [0, 0.1) is 11.8 Å². The van der Waals surface area contributed by atoms with E-state index in [0.29, 0.717) is 18.4 Å². The first-order chi connectivity index (χ1) is 8.33. The maximum atomic E-state index is 11.9. The first-order valence-corrected chi connectivity index (χ1v) is 6.57. The van der Waals surface area contributed by atoms with Crippen LogP contribution < -0.4 is 0 Å². The van der Waals surface area contributed by atoms with Crippen LogP contribution in [-0.2, 0) is 16.0 Å². The van der Waals surface area contributed by atoms with Crippen molar-refractivity contribution in [1.82, 2.24) is 0 Å². The van der Waals surface area contributed by atoms with Crippen molar-refractivity contribution in [2.45, 2.75) is 32.1 Å². The Morgan fingerprint density at radius 1 is 1.41 bits per heavy atom. The number of hydrogen-bond donors (Lipinski definition) is 0. The first kappa shape index (κ1) is 10.8. The van der Waals surface area contributed by atoms with Gasteiger partial charge in [-0.15, -0.1) is 0 Å². The van der Waals surface area contributed by atoms with Gasteiger partial charge in [-0.25, -0.2) is 0 Å². The lowest BCUT2D eigenvalue weighted by Gasteiger charge is -2.13. The van der Waals surface area contributed by atoms with Crippen molar-refractivity contribution in [2.24, 2.45) is 11.8 Å². The molecule has 0 N–H and O–H groups in total. The average Bonchev–Trinajstić information content (AvgIpc) is 3.11. The van der Waals surface area contributed by atoms with E-state index in [1.54, 1.807) is 0 Å². The third kappa shape index (κ3) is 1.76. The summed E-state index contributed by atoms with van der Waals surface area (Å²) in [6.07, 6.45) is 3.17. The molecule has 0 bridgehead atoms. The number of carbonyl (C=O) groups is 1. The molecule has 3 rings (SSSR count). The van der Waals surface area contributed by atoms with E-state index in [-0.39, 0.29) is 11.9 Å². The number of fused-ring (bicyclic) bond motifs is 3. The second kappa shape index (κ2) is 4.17. The highest BCUT2D eigenvalue weighted by molar-refractivity contribution is 5.79. The van der Waals surface area contributed by atoms with Crippen molar-refractivity contribution in [3.63, 3.8) is 0 Å². The third-order valence-electron chi connectivity index (χ3n) is 4.05. The predicted molar refractivity (Wildman–Crippen MR) is 65.7 cm³/mol. The first-order valence-electron chi connectivity index (χ1n) is 6.57. The maximum Gasteiger partial charge on any atom is 0.309 e. The molecule has 1 saturated carbocycles. The van der Waals surface area contributed by atoms with Crippen LogP contribution in [0.15, 0.2) is 24.3 Å². The van der Waals surface area contributed by atoms with E-state index in [2.05, 4.69) is 24.3 Å². The van der Waals surface area contributed by atoms with E-state index in [9.17, 15) is 4.79 Å². The Balaban J connectivity index is 1.76. The van der Waals surface area contributed by atoms with Crippen LogP contribution in [0.1, 0.15) is 36.8 Å². The van der Waals surface area contributed by atoms with Crippen LogP contribution in [0.25, 0.3) is 0 Å². The summed E-state index contributed by atoms with van der Waals surface area (Å²) in [4.78, 5) is 11.9. The van der Waals surface area contributed by atoms with Gasteiger partial charge in [0.05, 0.1) is 12.5 Å². The second-order valence-corrected chi connectivity index (χ2v) is 5.12. The van der Waals surface area contributed by atoms with E-state index in [1.807, 2.05) is 6.92 Å². The van der Waals surface area contributed by atoms with Gasteiger partial charge in [0.25, 0.3) is 0 Å². The van der Waals surface area contributed by atoms with Crippen LogP contribution in [0.3, 0.4) is 0 Å². The van der Waals surface area contributed by atoms with Crippen LogP contribution in [-0.4, -0.2) is 12.6 Å². The van der Waals surface area contributed by atoms with Gasteiger partial charge in [-0.05, 0) is 36.3 Å². The van der Waals surface area contributed by atoms with E-state index in [0.717, 1.165) is 19.3 Å². The molecular weight excluding hydrogens is 212 g/mol. The molecule has 90 valence electrons. The number of benzene rings is 1. The lowest BCUT2D eigenvalue weighted by atomic mass is 9.92. The molecule has 0 amide bonds. The molecule has 3 unspecified atom stereocenters. The fourth-order valence-corrected chi connectivity index (χ4v) is 3.19. The molecule has 2 heteroatoms. The molecule has 3 atom stereocenters. The van der Waals surface area contributed by atoms with Crippen molar-refractivity contribution >= 4 is 5.97 Å². The van der Waals surface area contributed by atoms with E-state index in [1.165, 1.54) is 11.1 Å². The van der Waals surface area contributed by atoms with Gasteiger partial charge < -0.3 is 4.74 Å². The summed E-state index contributed by atoms with van der Waals surface area (Å²) in [5, 5.41) is 0. The van der Waals surface area contributed by atoms with E-state index < -0.39 is 0 Å². The summed E-state index contributed by atoms with van der Waals surface area (Å²) in [5.74, 6) is 1.17. The van der Waals surface area contributed by atoms with Gasteiger partial charge in [-0.1, -0.05) is 31.2 Å². The SMILES string of the molecule is CCCOC(=O)C1C2CCc3ccccc3C21. The van der Waals surface area contributed by atoms with Gasteiger partial charge in [-0.3, -0.25) is 4.79 Å². The summed E-state index contributed by atoms with van der Waals surface area (Å²) in [7, 11) is 0. The van der Waals surface area contributed by atoms with Gasteiger partial charge in [0.1, 0.15) is 0 Å².